The van der Waals surface area contributed by atoms with E-state index in [9.17, 15) is 0 Å². The molecule has 0 saturated carbocycles. The monoisotopic (exact) mass is 436 g/mol. The molecule has 0 amide bonds. The predicted molar refractivity (Wildman–Crippen MR) is 126 cm³/mol. The van der Waals surface area contributed by atoms with Crippen LogP contribution in [0.15, 0.2) is 53.7 Å². The van der Waals surface area contributed by atoms with Crippen molar-refractivity contribution in [2.24, 2.45) is 4.99 Å². The number of pyridine rings is 1. The normalized spacial score (nSPS) is 23.0. The molecule has 30 heavy (non-hydrogen) atoms. The first-order valence-corrected chi connectivity index (χ1v) is 11.6. The van der Waals surface area contributed by atoms with E-state index >= 15 is 0 Å². The molecule has 6 heteroatoms. The highest BCUT2D eigenvalue weighted by Crippen LogP contribution is 2.50. The van der Waals surface area contributed by atoms with E-state index in [0.717, 1.165) is 28.1 Å². The number of hydrogen-bond acceptors (Lipinski definition) is 4. The third kappa shape index (κ3) is 3.07. The maximum atomic E-state index is 6.14. The highest BCUT2D eigenvalue weighted by molar-refractivity contribution is 8.14. The third-order valence-electron chi connectivity index (χ3n) is 6.27. The summed E-state index contributed by atoms with van der Waals surface area (Å²) in [6.07, 6.45) is 1.87. The van der Waals surface area contributed by atoms with E-state index in [1.807, 2.05) is 36.2 Å². The van der Waals surface area contributed by atoms with Crippen molar-refractivity contribution in [3.05, 3.63) is 81.9 Å². The Kier molecular flexibility index (Phi) is 4.91. The largest absolute Gasteiger partial charge is 0.341 e. The van der Waals surface area contributed by atoms with Crippen LogP contribution in [-0.4, -0.2) is 31.4 Å². The highest BCUT2D eigenvalue weighted by Gasteiger charge is 2.45. The Morgan fingerprint density at radius 3 is 2.50 bits per heavy atom. The lowest BCUT2D eigenvalue weighted by molar-refractivity contribution is 0.319. The van der Waals surface area contributed by atoms with Gasteiger partial charge in [0.2, 0.25) is 0 Å². The van der Waals surface area contributed by atoms with Crippen molar-refractivity contribution in [2.75, 3.05) is 6.54 Å². The van der Waals surface area contributed by atoms with Gasteiger partial charge in [0.25, 0.3) is 0 Å². The average molecular weight is 437 g/mol. The van der Waals surface area contributed by atoms with E-state index in [2.05, 4.69) is 66.4 Å². The van der Waals surface area contributed by atoms with Crippen LogP contribution in [0.1, 0.15) is 47.2 Å². The third-order valence-corrected chi connectivity index (χ3v) is 7.62. The van der Waals surface area contributed by atoms with Gasteiger partial charge in [0, 0.05) is 45.7 Å². The molecular formula is C24H25ClN4S. The first-order chi connectivity index (χ1) is 14.5. The standard InChI is InChI=1S/C24H25ClN4S/c1-14-13-28-23(22(27-24(28)30-14)20-7-5-6-12-26-20)21-15(2)16(3)29(17(21)4)19-10-8-18(25)9-11-19/h5-12,14,22-23H,13H2,1-4H3/t14-,22-,23-/m1/s1. The van der Waals surface area contributed by atoms with E-state index in [0.29, 0.717) is 5.25 Å². The number of aliphatic imine (C=N–C) groups is 1. The zero-order chi connectivity index (χ0) is 21.0. The molecule has 2 aliphatic rings. The van der Waals surface area contributed by atoms with Crippen molar-refractivity contribution in [2.45, 2.75) is 45.0 Å². The molecule has 2 aromatic heterocycles. The quantitative estimate of drug-likeness (QED) is 0.501. The summed E-state index contributed by atoms with van der Waals surface area (Å²) in [5.74, 6) is 0. The van der Waals surface area contributed by atoms with Crippen molar-refractivity contribution in [1.29, 1.82) is 0 Å². The maximum absolute atomic E-state index is 6.14. The van der Waals surface area contributed by atoms with Crippen molar-refractivity contribution in [3.8, 4) is 5.69 Å². The molecule has 1 saturated heterocycles. The lowest BCUT2D eigenvalue weighted by atomic mass is 9.93. The zero-order valence-electron chi connectivity index (χ0n) is 17.6. The van der Waals surface area contributed by atoms with Crippen LogP contribution in [-0.2, 0) is 0 Å². The van der Waals surface area contributed by atoms with Crippen molar-refractivity contribution >= 4 is 28.5 Å². The lowest BCUT2D eigenvalue weighted by Crippen LogP contribution is -2.29. The summed E-state index contributed by atoms with van der Waals surface area (Å²) < 4.78 is 2.35. The number of thioether (sulfide) groups is 1. The second-order valence-corrected chi connectivity index (χ2v) is 10.0. The van der Waals surface area contributed by atoms with Crippen LogP contribution in [0, 0.1) is 20.8 Å². The second kappa shape index (κ2) is 7.47. The van der Waals surface area contributed by atoms with Gasteiger partial charge in [-0.2, -0.15) is 0 Å². The molecule has 0 unspecified atom stereocenters. The maximum Gasteiger partial charge on any atom is 0.160 e. The van der Waals surface area contributed by atoms with E-state index in [1.165, 1.54) is 22.5 Å². The van der Waals surface area contributed by atoms with Crippen LogP contribution in [0.4, 0.5) is 0 Å². The number of amidine groups is 1. The fourth-order valence-corrected chi connectivity index (χ4v) is 6.07. The van der Waals surface area contributed by atoms with Crippen molar-refractivity contribution in [1.82, 2.24) is 14.5 Å². The van der Waals surface area contributed by atoms with E-state index < -0.39 is 0 Å². The number of nitrogens with zero attached hydrogens (tertiary/aromatic N) is 4. The van der Waals surface area contributed by atoms with E-state index in [1.54, 1.807) is 0 Å². The van der Waals surface area contributed by atoms with Gasteiger partial charge >= 0.3 is 0 Å². The number of rotatable bonds is 3. The van der Waals surface area contributed by atoms with E-state index in [-0.39, 0.29) is 12.1 Å². The molecule has 3 atom stereocenters. The summed E-state index contributed by atoms with van der Waals surface area (Å²) in [6.45, 7) is 9.96. The molecule has 1 fully saturated rings. The van der Waals surface area contributed by atoms with Gasteiger partial charge in [-0.1, -0.05) is 36.4 Å². The summed E-state index contributed by atoms with van der Waals surface area (Å²) in [5.41, 5.74) is 7.40. The van der Waals surface area contributed by atoms with Gasteiger partial charge in [-0.25, -0.2) is 0 Å². The molecule has 0 aliphatic carbocycles. The molecule has 1 aromatic carbocycles. The van der Waals surface area contributed by atoms with Crippen LogP contribution in [0.25, 0.3) is 5.69 Å². The Hall–Kier alpha value is -2.24. The molecule has 154 valence electrons. The Balaban J connectivity index is 1.66. The van der Waals surface area contributed by atoms with Crippen molar-refractivity contribution < 1.29 is 0 Å². The number of hydrogen-bond donors (Lipinski definition) is 0. The lowest BCUT2D eigenvalue weighted by Gasteiger charge is -2.28. The van der Waals surface area contributed by atoms with Crippen LogP contribution in [0.2, 0.25) is 5.02 Å². The summed E-state index contributed by atoms with van der Waals surface area (Å²) >= 11 is 8.02. The topological polar surface area (TPSA) is 33.4 Å². The SMILES string of the molecule is Cc1c([C@@H]2[C@@H](c3ccccn3)N=C3S[C@H](C)CN32)c(C)n(-c2ccc(Cl)cc2)c1C. The van der Waals surface area contributed by atoms with Gasteiger partial charge in [0.05, 0.1) is 11.7 Å². The Morgan fingerprint density at radius 2 is 1.80 bits per heavy atom. The minimum absolute atomic E-state index is 0.0130. The fraction of sp³-hybridized carbons (Fsp3) is 0.333. The van der Waals surface area contributed by atoms with Gasteiger partial charge in [-0.3, -0.25) is 9.98 Å². The first kappa shape index (κ1) is 19.7. The fourth-order valence-electron chi connectivity index (χ4n) is 4.85. The minimum atomic E-state index is 0.0130. The summed E-state index contributed by atoms with van der Waals surface area (Å²) in [5, 5.41) is 2.46. The van der Waals surface area contributed by atoms with Crippen LogP contribution < -0.4 is 0 Å². The summed E-state index contributed by atoms with van der Waals surface area (Å²) in [7, 11) is 0. The summed E-state index contributed by atoms with van der Waals surface area (Å²) in [4.78, 5) is 12.3. The molecule has 0 radical (unpaired) electrons. The van der Waals surface area contributed by atoms with Gasteiger partial charge < -0.3 is 9.47 Å². The number of benzene rings is 1. The molecule has 0 bridgehead atoms. The number of halogens is 1. The Bertz CT molecular complexity index is 1120. The molecule has 5 rings (SSSR count). The molecule has 0 spiro atoms. The first-order valence-electron chi connectivity index (χ1n) is 10.3. The highest BCUT2D eigenvalue weighted by atomic mass is 35.5. The Labute approximate surface area is 187 Å². The van der Waals surface area contributed by atoms with Crippen LogP contribution in [0.3, 0.4) is 0 Å². The molecule has 3 aromatic rings. The van der Waals surface area contributed by atoms with Gasteiger partial charge in [-0.05, 0) is 62.7 Å². The molecular weight excluding hydrogens is 412 g/mol. The smallest absolute Gasteiger partial charge is 0.160 e. The van der Waals surface area contributed by atoms with Gasteiger partial charge in [-0.15, -0.1) is 0 Å². The van der Waals surface area contributed by atoms with Gasteiger partial charge in [0.15, 0.2) is 5.17 Å². The second-order valence-electron chi connectivity index (χ2n) is 8.16. The van der Waals surface area contributed by atoms with Gasteiger partial charge in [0.1, 0.15) is 6.04 Å². The number of fused-ring (bicyclic) bond motifs is 1. The number of aromatic nitrogens is 2. The van der Waals surface area contributed by atoms with Crippen LogP contribution >= 0.6 is 23.4 Å². The average Bonchev–Trinajstić information content (AvgIpc) is 3.33. The van der Waals surface area contributed by atoms with E-state index in [4.69, 9.17) is 16.6 Å². The van der Waals surface area contributed by atoms with Crippen LogP contribution in [0.5, 0.6) is 0 Å². The van der Waals surface area contributed by atoms with Crippen molar-refractivity contribution in [3.63, 3.8) is 0 Å². The molecule has 0 N–H and O–H groups in total. The molecule has 2 aliphatic heterocycles. The Morgan fingerprint density at radius 1 is 1.03 bits per heavy atom. The minimum Gasteiger partial charge on any atom is -0.341 e. The zero-order valence-corrected chi connectivity index (χ0v) is 19.2. The molecule has 4 heterocycles. The molecule has 4 nitrogen and oxygen atoms in total. The predicted octanol–water partition coefficient (Wildman–Crippen LogP) is 6.04. The summed E-state index contributed by atoms with van der Waals surface area (Å²) in [6, 6.07) is 14.4.